The Morgan fingerprint density at radius 3 is 2.78 bits per heavy atom. The number of piperidine rings is 1. The molecule has 3 rings (SSSR count). The average Bonchev–Trinajstić information content (AvgIpc) is 3.06. The SMILES string of the molecule is O=C(O)[C@]1(Cc2ccc(F)cc2)CN(c2nccs2)CC[C@@H]1O. The van der Waals surface area contributed by atoms with Crippen LogP contribution in [0.5, 0.6) is 0 Å². The van der Waals surface area contributed by atoms with Gasteiger partial charge >= 0.3 is 5.97 Å². The van der Waals surface area contributed by atoms with Gasteiger partial charge in [-0.1, -0.05) is 12.1 Å². The third kappa shape index (κ3) is 3.07. The summed E-state index contributed by atoms with van der Waals surface area (Å²) in [6, 6.07) is 5.74. The molecule has 122 valence electrons. The molecule has 2 atom stereocenters. The number of halogens is 1. The van der Waals surface area contributed by atoms with Crippen LogP contribution in [-0.2, 0) is 11.2 Å². The lowest BCUT2D eigenvalue weighted by Gasteiger charge is -2.43. The predicted molar refractivity (Wildman–Crippen MR) is 85.1 cm³/mol. The minimum Gasteiger partial charge on any atom is -0.481 e. The van der Waals surface area contributed by atoms with E-state index in [9.17, 15) is 19.4 Å². The standard InChI is InChI=1S/C16H17FN2O3S/c17-12-3-1-11(2-4-12)9-16(14(21)22)10-19(7-5-13(16)20)15-18-6-8-23-15/h1-4,6,8,13,20H,5,7,9-10H2,(H,21,22)/t13-,16+/m0/s1. The molecule has 0 bridgehead atoms. The Labute approximate surface area is 137 Å². The van der Waals surface area contributed by atoms with Crippen molar-refractivity contribution in [2.75, 3.05) is 18.0 Å². The number of rotatable bonds is 4. The van der Waals surface area contributed by atoms with Gasteiger partial charge in [0.05, 0.1) is 6.10 Å². The molecule has 1 saturated heterocycles. The number of aliphatic carboxylic acids is 1. The van der Waals surface area contributed by atoms with Crippen LogP contribution in [0.1, 0.15) is 12.0 Å². The first-order valence-electron chi connectivity index (χ1n) is 7.31. The van der Waals surface area contributed by atoms with Gasteiger partial charge in [0.1, 0.15) is 11.2 Å². The number of carboxylic acid groups (broad SMARTS) is 1. The number of benzene rings is 1. The van der Waals surface area contributed by atoms with Crippen molar-refractivity contribution in [2.45, 2.75) is 18.9 Å². The monoisotopic (exact) mass is 336 g/mol. The first kappa shape index (κ1) is 15.9. The molecular formula is C16H17FN2O3S. The van der Waals surface area contributed by atoms with Gasteiger partial charge in [0.25, 0.3) is 0 Å². The summed E-state index contributed by atoms with van der Waals surface area (Å²) in [5, 5.41) is 22.8. The van der Waals surface area contributed by atoms with Crippen molar-refractivity contribution < 1.29 is 19.4 Å². The molecule has 5 nitrogen and oxygen atoms in total. The van der Waals surface area contributed by atoms with Gasteiger partial charge in [0.15, 0.2) is 5.13 Å². The van der Waals surface area contributed by atoms with E-state index < -0.39 is 17.5 Å². The fourth-order valence-electron chi connectivity index (χ4n) is 3.04. The highest BCUT2D eigenvalue weighted by molar-refractivity contribution is 7.13. The van der Waals surface area contributed by atoms with Crippen LogP contribution in [0.2, 0.25) is 0 Å². The second kappa shape index (κ2) is 6.25. The smallest absolute Gasteiger partial charge is 0.314 e. The molecule has 1 fully saturated rings. The fraction of sp³-hybridized carbons (Fsp3) is 0.375. The number of nitrogens with zero attached hydrogens (tertiary/aromatic N) is 2. The highest BCUT2D eigenvalue weighted by Crippen LogP contribution is 2.37. The van der Waals surface area contributed by atoms with Crippen LogP contribution in [0.4, 0.5) is 9.52 Å². The van der Waals surface area contributed by atoms with E-state index in [0.29, 0.717) is 18.5 Å². The molecule has 2 N–H and O–H groups in total. The van der Waals surface area contributed by atoms with E-state index in [1.54, 1.807) is 18.3 Å². The molecule has 0 spiro atoms. The molecule has 1 aliphatic heterocycles. The molecule has 1 aromatic heterocycles. The van der Waals surface area contributed by atoms with Crippen LogP contribution in [0.25, 0.3) is 0 Å². The van der Waals surface area contributed by atoms with Crippen LogP contribution in [0, 0.1) is 11.2 Å². The average molecular weight is 336 g/mol. The quantitative estimate of drug-likeness (QED) is 0.895. The van der Waals surface area contributed by atoms with Crippen LogP contribution < -0.4 is 4.90 Å². The van der Waals surface area contributed by atoms with E-state index in [-0.39, 0.29) is 18.8 Å². The van der Waals surface area contributed by atoms with Gasteiger partial charge in [0, 0.05) is 24.7 Å². The van der Waals surface area contributed by atoms with Crippen LogP contribution in [0.3, 0.4) is 0 Å². The van der Waals surface area contributed by atoms with Crippen molar-refractivity contribution in [1.29, 1.82) is 0 Å². The number of aliphatic hydroxyl groups excluding tert-OH is 1. The fourth-order valence-corrected chi connectivity index (χ4v) is 3.71. The third-order valence-corrected chi connectivity index (χ3v) is 5.16. The first-order valence-corrected chi connectivity index (χ1v) is 8.19. The maximum atomic E-state index is 13.1. The summed E-state index contributed by atoms with van der Waals surface area (Å²) in [4.78, 5) is 18.1. The summed E-state index contributed by atoms with van der Waals surface area (Å²) >= 11 is 1.44. The van der Waals surface area contributed by atoms with Gasteiger partial charge in [-0.15, -0.1) is 11.3 Å². The number of aliphatic hydroxyl groups is 1. The van der Waals surface area contributed by atoms with Gasteiger partial charge in [-0.25, -0.2) is 9.37 Å². The molecule has 2 heterocycles. The number of anilines is 1. The zero-order valence-corrected chi connectivity index (χ0v) is 13.2. The number of thiazole rings is 1. The molecule has 0 aliphatic carbocycles. The summed E-state index contributed by atoms with van der Waals surface area (Å²) in [5.41, 5.74) is -0.643. The maximum absolute atomic E-state index is 13.1. The summed E-state index contributed by atoms with van der Waals surface area (Å²) in [6.45, 7) is 0.738. The normalized spacial score (nSPS) is 24.6. The molecule has 0 radical (unpaired) electrons. The third-order valence-electron chi connectivity index (χ3n) is 4.33. The molecule has 0 saturated carbocycles. The van der Waals surface area contributed by atoms with Crippen LogP contribution >= 0.6 is 11.3 Å². The van der Waals surface area contributed by atoms with Crippen molar-refractivity contribution in [3.8, 4) is 0 Å². The summed E-state index contributed by atoms with van der Waals surface area (Å²) in [7, 11) is 0. The highest BCUT2D eigenvalue weighted by Gasteiger charge is 2.49. The second-order valence-electron chi connectivity index (χ2n) is 5.81. The van der Waals surface area contributed by atoms with Crippen molar-refractivity contribution in [1.82, 2.24) is 4.98 Å². The van der Waals surface area contributed by atoms with Crippen LogP contribution in [0.15, 0.2) is 35.8 Å². The van der Waals surface area contributed by atoms with Crippen molar-refractivity contribution in [3.05, 3.63) is 47.2 Å². The number of hydrogen-bond donors (Lipinski definition) is 2. The molecule has 0 unspecified atom stereocenters. The highest BCUT2D eigenvalue weighted by atomic mass is 32.1. The number of carbonyl (C=O) groups is 1. The molecule has 2 aromatic rings. The van der Waals surface area contributed by atoms with Crippen molar-refractivity contribution in [3.63, 3.8) is 0 Å². The Morgan fingerprint density at radius 2 is 2.17 bits per heavy atom. The molecule has 0 amide bonds. The zero-order valence-electron chi connectivity index (χ0n) is 12.4. The van der Waals surface area contributed by atoms with Gasteiger partial charge in [-0.3, -0.25) is 4.79 Å². The van der Waals surface area contributed by atoms with E-state index in [0.717, 1.165) is 5.13 Å². The molecule has 1 aromatic carbocycles. The van der Waals surface area contributed by atoms with E-state index in [1.807, 2.05) is 10.3 Å². The molecular weight excluding hydrogens is 319 g/mol. The Hall–Kier alpha value is -1.99. The zero-order chi connectivity index (χ0) is 16.4. The summed E-state index contributed by atoms with van der Waals surface area (Å²) in [6.07, 6.45) is 1.22. The number of hydrogen-bond acceptors (Lipinski definition) is 5. The van der Waals surface area contributed by atoms with Gasteiger partial charge in [-0.05, 0) is 30.5 Å². The van der Waals surface area contributed by atoms with Gasteiger partial charge in [-0.2, -0.15) is 0 Å². The van der Waals surface area contributed by atoms with Gasteiger partial charge in [0.2, 0.25) is 0 Å². The number of carboxylic acids is 1. The van der Waals surface area contributed by atoms with E-state index >= 15 is 0 Å². The Balaban J connectivity index is 1.90. The minimum absolute atomic E-state index is 0.144. The molecule has 7 heteroatoms. The lowest BCUT2D eigenvalue weighted by Crippen LogP contribution is -2.57. The van der Waals surface area contributed by atoms with Crippen molar-refractivity contribution >= 4 is 22.4 Å². The summed E-state index contributed by atoms with van der Waals surface area (Å²) < 4.78 is 13.1. The van der Waals surface area contributed by atoms with Crippen LogP contribution in [-0.4, -0.2) is 40.4 Å². The Bertz CT molecular complexity index is 677. The Morgan fingerprint density at radius 1 is 1.43 bits per heavy atom. The first-order chi connectivity index (χ1) is 11.0. The lowest BCUT2D eigenvalue weighted by atomic mass is 9.73. The van der Waals surface area contributed by atoms with E-state index in [4.69, 9.17) is 0 Å². The summed E-state index contributed by atoms with van der Waals surface area (Å²) in [5.74, 6) is -1.41. The largest absolute Gasteiger partial charge is 0.481 e. The molecule has 23 heavy (non-hydrogen) atoms. The second-order valence-corrected chi connectivity index (χ2v) is 6.68. The molecule has 1 aliphatic rings. The predicted octanol–water partition coefficient (Wildman–Crippen LogP) is 2.17. The van der Waals surface area contributed by atoms with Crippen molar-refractivity contribution in [2.24, 2.45) is 5.41 Å². The topological polar surface area (TPSA) is 73.7 Å². The van der Waals surface area contributed by atoms with Gasteiger partial charge < -0.3 is 15.1 Å². The van der Waals surface area contributed by atoms with E-state index in [2.05, 4.69) is 4.98 Å². The lowest BCUT2D eigenvalue weighted by molar-refractivity contribution is -0.157. The number of aromatic nitrogens is 1. The van der Waals surface area contributed by atoms with E-state index in [1.165, 1.54) is 23.5 Å². The Kier molecular flexibility index (Phi) is 4.32. The minimum atomic E-state index is -1.33. The maximum Gasteiger partial charge on any atom is 0.314 e.